The zero-order chi connectivity index (χ0) is 28.5. The van der Waals surface area contributed by atoms with E-state index in [4.69, 9.17) is 0 Å². The molecule has 1 aromatic heterocycles. The largest absolute Gasteiger partial charge is 0.351 e. The molecule has 1 fully saturated rings. The first-order chi connectivity index (χ1) is 19.3. The predicted molar refractivity (Wildman–Crippen MR) is 159 cm³/mol. The lowest BCUT2D eigenvalue weighted by atomic mass is 9.94. The van der Waals surface area contributed by atoms with Gasteiger partial charge in [-0.1, -0.05) is 61.2 Å². The van der Waals surface area contributed by atoms with Crippen LogP contribution in [0, 0.1) is 20.8 Å². The number of aromatic nitrogens is 1. The lowest BCUT2D eigenvalue weighted by Gasteiger charge is -2.34. The fraction of sp³-hybridized carbons (Fsp3) is 0.394. The Morgan fingerprint density at radius 2 is 1.57 bits per heavy atom. The van der Waals surface area contributed by atoms with Crippen LogP contribution in [0.15, 0.2) is 66.9 Å². The molecule has 7 nitrogen and oxygen atoms in total. The summed E-state index contributed by atoms with van der Waals surface area (Å²) >= 11 is 0. The predicted octanol–water partition coefficient (Wildman–Crippen LogP) is 6.34. The molecule has 0 spiro atoms. The molecule has 1 aliphatic carbocycles. The Morgan fingerprint density at radius 1 is 0.875 bits per heavy atom. The van der Waals surface area contributed by atoms with Crippen LogP contribution in [0.3, 0.4) is 0 Å². The van der Waals surface area contributed by atoms with E-state index in [0.717, 1.165) is 47.9 Å². The summed E-state index contributed by atoms with van der Waals surface area (Å²) < 4.78 is 0. The van der Waals surface area contributed by atoms with E-state index in [0.29, 0.717) is 17.9 Å². The Morgan fingerprint density at radius 3 is 2.23 bits per heavy atom. The van der Waals surface area contributed by atoms with Gasteiger partial charge in [0.2, 0.25) is 17.7 Å². The maximum absolute atomic E-state index is 14.0. The van der Waals surface area contributed by atoms with Crippen molar-refractivity contribution in [3.8, 4) is 0 Å². The molecule has 0 radical (unpaired) electrons. The summed E-state index contributed by atoms with van der Waals surface area (Å²) in [4.78, 5) is 46.2. The average Bonchev–Trinajstić information content (AvgIpc) is 2.92. The van der Waals surface area contributed by atoms with E-state index in [1.807, 2.05) is 57.2 Å². The van der Waals surface area contributed by atoms with Crippen LogP contribution in [0.2, 0.25) is 0 Å². The Balaban J connectivity index is 1.60. The number of carbonyl (C=O) groups is 3. The third-order valence-electron chi connectivity index (χ3n) is 7.33. The molecule has 0 bridgehead atoms. The summed E-state index contributed by atoms with van der Waals surface area (Å²) in [5.41, 5.74) is 4.55. The quantitative estimate of drug-likeness (QED) is 0.314. The maximum atomic E-state index is 14.0. The summed E-state index contributed by atoms with van der Waals surface area (Å²) in [5, 5.41) is 6.03. The van der Waals surface area contributed by atoms with Crippen LogP contribution in [0.1, 0.15) is 79.7 Å². The molecule has 1 saturated carbocycles. The van der Waals surface area contributed by atoms with Gasteiger partial charge in [0.15, 0.2) is 0 Å². The number of hydrogen-bond donors (Lipinski definition) is 2. The van der Waals surface area contributed by atoms with E-state index < -0.39 is 6.04 Å². The first-order valence-corrected chi connectivity index (χ1v) is 14.3. The standard InChI is InChI=1S/C33H40N4O3/c1-23-15-17-26(18-16-23)32(33(40)35-27-10-5-4-6-11-27)37(28-21-24(2)20-25(3)22-28)31(39)14-9-13-30(38)36-29-12-7-8-19-34-29/h7-8,12,15-22,27,32H,4-6,9-11,13-14H2,1-3H3,(H,35,40)(H,34,36,38)/t32-/m0/s1. The number of carbonyl (C=O) groups excluding carboxylic acids is 3. The lowest BCUT2D eigenvalue weighted by molar-refractivity contribution is -0.127. The number of amides is 3. The first-order valence-electron chi connectivity index (χ1n) is 14.3. The minimum absolute atomic E-state index is 0.112. The molecular weight excluding hydrogens is 500 g/mol. The summed E-state index contributed by atoms with van der Waals surface area (Å²) in [5.74, 6) is -0.0831. The number of nitrogens with one attached hydrogen (secondary N) is 2. The first kappa shape index (κ1) is 29.0. The highest BCUT2D eigenvalue weighted by molar-refractivity contribution is 6.01. The summed E-state index contributed by atoms with van der Waals surface area (Å²) in [6, 6.07) is 18.4. The Hall–Kier alpha value is -4.00. The highest BCUT2D eigenvalue weighted by Gasteiger charge is 2.34. The fourth-order valence-corrected chi connectivity index (χ4v) is 5.38. The topological polar surface area (TPSA) is 91.4 Å². The smallest absolute Gasteiger partial charge is 0.248 e. The Bertz CT molecular complexity index is 1280. The molecule has 3 aromatic rings. The van der Waals surface area contributed by atoms with Crippen molar-refractivity contribution in [2.24, 2.45) is 0 Å². The molecule has 1 atom stereocenters. The third-order valence-corrected chi connectivity index (χ3v) is 7.33. The molecule has 40 heavy (non-hydrogen) atoms. The van der Waals surface area contributed by atoms with Gasteiger partial charge in [0.25, 0.3) is 0 Å². The van der Waals surface area contributed by atoms with Crippen molar-refractivity contribution in [1.82, 2.24) is 10.3 Å². The van der Waals surface area contributed by atoms with Gasteiger partial charge >= 0.3 is 0 Å². The van der Waals surface area contributed by atoms with E-state index in [9.17, 15) is 14.4 Å². The zero-order valence-corrected chi connectivity index (χ0v) is 23.8. The number of hydrogen-bond acceptors (Lipinski definition) is 4. The molecule has 1 heterocycles. The summed E-state index contributed by atoms with van der Waals surface area (Å²) in [6.07, 6.45) is 7.56. The van der Waals surface area contributed by atoms with E-state index in [2.05, 4.69) is 21.7 Å². The number of benzene rings is 2. The van der Waals surface area contributed by atoms with E-state index in [1.165, 1.54) is 6.42 Å². The minimum atomic E-state index is -0.821. The fourth-order valence-electron chi connectivity index (χ4n) is 5.38. The van der Waals surface area contributed by atoms with Gasteiger partial charge in [-0.3, -0.25) is 19.3 Å². The molecule has 7 heteroatoms. The molecule has 0 saturated heterocycles. The Kier molecular flexibility index (Phi) is 10.1. The summed E-state index contributed by atoms with van der Waals surface area (Å²) in [6.45, 7) is 5.98. The second kappa shape index (κ2) is 13.9. The molecule has 210 valence electrons. The van der Waals surface area contributed by atoms with Crippen molar-refractivity contribution < 1.29 is 14.4 Å². The van der Waals surface area contributed by atoms with Gasteiger partial charge in [-0.05, 0) is 81.0 Å². The van der Waals surface area contributed by atoms with Crippen LogP contribution in [-0.2, 0) is 14.4 Å². The van der Waals surface area contributed by atoms with Gasteiger partial charge in [0.1, 0.15) is 11.9 Å². The van der Waals surface area contributed by atoms with Crippen molar-refractivity contribution in [2.45, 2.75) is 84.2 Å². The highest BCUT2D eigenvalue weighted by Crippen LogP contribution is 2.32. The van der Waals surface area contributed by atoms with Crippen molar-refractivity contribution in [1.29, 1.82) is 0 Å². The molecular formula is C33H40N4O3. The van der Waals surface area contributed by atoms with Crippen LogP contribution in [-0.4, -0.2) is 28.7 Å². The molecule has 0 aliphatic heterocycles. The monoisotopic (exact) mass is 540 g/mol. The zero-order valence-electron chi connectivity index (χ0n) is 23.8. The van der Waals surface area contributed by atoms with Crippen molar-refractivity contribution >= 4 is 29.2 Å². The number of pyridine rings is 1. The van der Waals surface area contributed by atoms with Gasteiger partial charge in [-0.25, -0.2) is 4.98 Å². The third kappa shape index (κ3) is 8.01. The number of rotatable bonds is 10. The molecule has 3 amide bonds. The molecule has 2 N–H and O–H groups in total. The Labute approximate surface area is 237 Å². The molecule has 2 aromatic carbocycles. The number of aryl methyl sites for hydroxylation is 3. The van der Waals surface area contributed by atoms with Gasteiger partial charge in [-0.2, -0.15) is 0 Å². The van der Waals surface area contributed by atoms with E-state index in [-0.39, 0.29) is 36.6 Å². The second-order valence-electron chi connectivity index (χ2n) is 10.9. The number of nitrogens with zero attached hydrogens (tertiary/aromatic N) is 2. The summed E-state index contributed by atoms with van der Waals surface area (Å²) in [7, 11) is 0. The SMILES string of the molecule is Cc1ccc([C@@H](C(=O)NC2CCCCC2)N(C(=O)CCCC(=O)Nc2ccccn2)c2cc(C)cc(C)c2)cc1. The molecule has 0 unspecified atom stereocenters. The normalized spacial score (nSPS) is 14.3. The van der Waals surface area contributed by atoms with Crippen molar-refractivity contribution in [2.75, 3.05) is 10.2 Å². The van der Waals surface area contributed by atoms with Gasteiger partial charge in [0.05, 0.1) is 0 Å². The lowest BCUT2D eigenvalue weighted by Crippen LogP contribution is -2.47. The van der Waals surface area contributed by atoms with Crippen LogP contribution in [0.4, 0.5) is 11.5 Å². The van der Waals surface area contributed by atoms with E-state index >= 15 is 0 Å². The van der Waals surface area contributed by atoms with Crippen LogP contribution in [0.25, 0.3) is 0 Å². The second-order valence-corrected chi connectivity index (χ2v) is 10.9. The highest BCUT2D eigenvalue weighted by atomic mass is 16.2. The van der Waals surface area contributed by atoms with Gasteiger partial charge in [-0.15, -0.1) is 0 Å². The van der Waals surface area contributed by atoms with Gasteiger partial charge < -0.3 is 10.6 Å². The van der Waals surface area contributed by atoms with Crippen LogP contribution in [0.5, 0.6) is 0 Å². The average molecular weight is 541 g/mol. The van der Waals surface area contributed by atoms with Crippen LogP contribution >= 0.6 is 0 Å². The van der Waals surface area contributed by atoms with Crippen molar-refractivity contribution in [3.63, 3.8) is 0 Å². The van der Waals surface area contributed by atoms with Gasteiger partial charge in [0, 0.05) is 30.8 Å². The van der Waals surface area contributed by atoms with E-state index in [1.54, 1.807) is 29.3 Å². The minimum Gasteiger partial charge on any atom is -0.351 e. The van der Waals surface area contributed by atoms with Crippen molar-refractivity contribution in [3.05, 3.63) is 89.1 Å². The maximum Gasteiger partial charge on any atom is 0.248 e. The molecule has 1 aliphatic rings. The molecule has 4 rings (SSSR count). The van der Waals surface area contributed by atoms with Crippen LogP contribution < -0.4 is 15.5 Å². The number of anilines is 2.